The second-order valence-corrected chi connectivity index (χ2v) is 6.48. The highest BCUT2D eigenvalue weighted by Gasteiger charge is 2.25. The van der Waals surface area contributed by atoms with Crippen LogP contribution in [0.5, 0.6) is 0 Å². The van der Waals surface area contributed by atoms with Gasteiger partial charge in [-0.05, 0) is 35.8 Å². The van der Waals surface area contributed by atoms with Gasteiger partial charge in [0.05, 0.1) is 7.11 Å². The summed E-state index contributed by atoms with van der Waals surface area (Å²) in [7, 11) is 1.28. The molecule has 1 amide bonds. The number of hydrogen-bond acceptors (Lipinski definition) is 3. The van der Waals surface area contributed by atoms with Gasteiger partial charge in [0.15, 0.2) is 5.92 Å². The molecule has 0 saturated heterocycles. The first-order chi connectivity index (χ1) is 12.0. The van der Waals surface area contributed by atoms with E-state index in [0.29, 0.717) is 6.54 Å². The third kappa shape index (κ3) is 5.57. The highest BCUT2D eigenvalue weighted by Crippen LogP contribution is 2.20. The summed E-state index contributed by atoms with van der Waals surface area (Å²) in [6.07, 6.45) is 1.63. The van der Waals surface area contributed by atoms with E-state index >= 15 is 0 Å². The molecule has 0 fully saturated rings. The number of rotatable bonds is 6. The van der Waals surface area contributed by atoms with E-state index in [1.165, 1.54) is 7.11 Å². The van der Waals surface area contributed by atoms with Crippen molar-refractivity contribution in [3.05, 3.63) is 76.3 Å². The maximum Gasteiger partial charge on any atom is 0.322 e. The van der Waals surface area contributed by atoms with Gasteiger partial charge in [0.2, 0.25) is 5.91 Å². The maximum absolute atomic E-state index is 12.5. The van der Waals surface area contributed by atoms with Crippen LogP contribution < -0.4 is 5.32 Å². The molecule has 5 heteroatoms. The summed E-state index contributed by atoms with van der Waals surface area (Å²) in [5.74, 6) is -1.95. The minimum atomic E-state index is -0.989. The number of carbonyl (C=O) groups is 2. The number of carbonyl (C=O) groups excluding carboxylic acids is 2. The highest BCUT2D eigenvalue weighted by molar-refractivity contribution is 9.10. The molecule has 0 heterocycles. The van der Waals surface area contributed by atoms with Crippen LogP contribution in [0.3, 0.4) is 0 Å². The normalized spacial score (nSPS) is 12.4. The number of ether oxygens (including phenoxy) is 1. The summed E-state index contributed by atoms with van der Waals surface area (Å²) in [5.41, 5.74) is 2.74. The Balaban J connectivity index is 2.14. The van der Waals surface area contributed by atoms with E-state index in [-0.39, 0.29) is 5.91 Å². The van der Waals surface area contributed by atoms with Crippen molar-refractivity contribution in [2.45, 2.75) is 13.5 Å². The van der Waals surface area contributed by atoms with E-state index in [0.717, 1.165) is 21.2 Å². The van der Waals surface area contributed by atoms with Crippen LogP contribution in [-0.4, -0.2) is 19.0 Å². The van der Waals surface area contributed by atoms with Crippen LogP contribution in [-0.2, 0) is 20.9 Å². The molecule has 0 aliphatic carbocycles. The fourth-order valence-corrected chi connectivity index (χ4v) is 2.60. The molecule has 0 radical (unpaired) electrons. The van der Waals surface area contributed by atoms with Crippen LogP contribution in [0, 0.1) is 5.92 Å². The van der Waals surface area contributed by atoms with Gasteiger partial charge in [-0.2, -0.15) is 0 Å². The van der Waals surface area contributed by atoms with Crippen LogP contribution in [0.2, 0.25) is 0 Å². The molecular weight excluding hydrogens is 382 g/mol. The second-order valence-electron chi connectivity index (χ2n) is 5.56. The average molecular weight is 402 g/mol. The summed E-state index contributed by atoms with van der Waals surface area (Å²) in [4.78, 5) is 24.5. The Labute approximate surface area is 156 Å². The van der Waals surface area contributed by atoms with Crippen molar-refractivity contribution in [3.63, 3.8) is 0 Å². The SMILES string of the molecule is COC(=O)C(/C=C(\C)c1ccc(Br)cc1)C(=O)NCc1ccccc1. The minimum Gasteiger partial charge on any atom is -0.468 e. The van der Waals surface area contributed by atoms with Crippen LogP contribution in [0.4, 0.5) is 0 Å². The number of esters is 1. The first-order valence-electron chi connectivity index (χ1n) is 7.85. The van der Waals surface area contributed by atoms with Gasteiger partial charge in [0.1, 0.15) is 0 Å². The van der Waals surface area contributed by atoms with Crippen molar-refractivity contribution in [2.75, 3.05) is 7.11 Å². The lowest BCUT2D eigenvalue weighted by Crippen LogP contribution is -2.34. The van der Waals surface area contributed by atoms with Crippen LogP contribution in [0.25, 0.3) is 5.57 Å². The van der Waals surface area contributed by atoms with E-state index < -0.39 is 11.9 Å². The average Bonchev–Trinajstić information content (AvgIpc) is 2.64. The first-order valence-corrected chi connectivity index (χ1v) is 8.64. The Bertz CT molecular complexity index is 754. The molecule has 1 unspecified atom stereocenters. The number of amides is 1. The molecule has 0 saturated carbocycles. The van der Waals surface area contributed by atoms with E-state index in [9.17, 15) is 9.59 Å². The number of allylic oxidation sites excluding steroid dienone is 1. The maximum atomic E-state index is 12.5. The fraction of sp³-hybridized carbons (Fsp3) is 0.200. The zero-order valence-electron chi connectivity index (χ0n) is 14.2. The lowest BCUT2D eigenvalue weighted by atomic mass is 10.0. The number of benzene rings is 2. The first kappa shape index (κ1) is 18.9. The Morgan fingerprint density at radius 2 is 1.76 bits per heavy atom. The molecular formula is C20H20BrNO3. The zero-order chi connectivity index (χ0) is 18.2. The Kier molecular flexibility index (Phi) is 6.95. The quantitative estimate of drug-likeness (QED) is 0.588. The predicted molar refractivity (Wildman–Crippen MR) is 102 cm³/mol. The molecule has 2 rings (SSSR count). The molecule has 0 aliphatic rings. The molecule has 4 nitrogen and oxygen atoms in total. The van der Waals surface area contributed by atoms with Crippen molar-refractivity contribution in [2.24, 2.45) is 5.92 Å². The van der Waals surface area contributed by atoms with Gasteiger partial charge in [0, 0.05) is 11.0 Å². The molecule has 25 heavy (non-hydrogen) atoms. The summed E-state index contributed by atoms with van der Waals surface area (Å²) in [6.45, 7) is 2.22. The largest absolute Gasteiger partial charge is 0.468 e. The standard InChI is InChI=1S/C20H20BrNO3/c1-14(16-8-10-17(21)11-9-16)12-18(20(24)25-2)19(23)22-13-15-6-4-3-5-7-15/h3-12,18H,13H2,1-2H3,(H,22,23)/b14-12+. The molecule has 2 aromatic carbocycles. The van der Waals surface area contributed by atoms with Gasteiger partial charge in [-0.15, -0.1) is 0 Å². The van der Waals surface area contributed by atoms with Crippen LogP contribution >= 0.6 is 15.9 Å². The molecule has 0 aromatic heterocycles. The van der Waals surface area contributed by atoms with E-state index in [4.69, 9.17) is 4.74 Å². The summed E-state index contributed by atoms with van der Waals surface area (Å²) in [6, 6.07) is 17.2. The third-order valence-corrected chi connectivity index (χ3v) is 4.29. The minimum absolute atomic E-state index is 0.359. The molecule has 0 bridgehead atoms. The van der Waals surface area contributed by atoms with Crippen molar-refractivity contribution in [3.8, 4) is 0 Å². The number of nitrogens with one attached hydrogen (secondary N) is 1. The molecule has 2 aromatic rings. The highest BCUT2D eigenvalue weighted by atomic mass is 79.9. The van der Waals surface area contributed by atoms with E-state index in [1.807, 2.05) is 61.5 Å². The van der Waals surface area contributed by atoms with Crippen LogP contribution in [0.1, 0.15) is 18.1 Å². The van der Waals surface area contributed by atoms with Crippen molar-refractivity contribution >= 4 is 33.4 Å². The third-order valence-electron chi connectivity index (χ3n) is 3.76. The van der Waals surface area contributed by atoms with Gasteiger partial charge in [-0.1, -0.05) is 64.5 Å². The van der Waals surface area contributed by atoms with E-state index in [1.54, 1.807) is 6.08 Å². The summed E-state index contributed by atoms with van der Waals surface area (Å²) in [5, 5.41) is 2.79. The zero-order valence-corrected chi connectivity index (χ0v) is 15.7. The molecule has 0 spiro atoms. The second kappa shape index (κ2) is 9.18. The smallest absolute Gasteiger partial charge is 0.322 e. The number of hydrogen-bond donors (Lipinski definition) is 1. The van der Waals surface area contributed by atoms with Gasteiger partial charge >= 0.3 is 5.97 Å². The summed E-state index contributed by atoms with van der Waals surface area (Å²) >= 11 is 3.39. The molecule has 1 N–H and O–H groups in total. The Morgan fingerprint density at radius 1 is 1.12 bits per heavy atom. The summed E-state index contributed by atoms with van der Waals surface area (Å²) < 4.78 is 5.76. The molecule has 0 aliphatic heterocycles. The lowest BCUT2D eigenvalue weighted by molar-refractivity contribution is -0.147. The Hall–Kier alpha value is -2.40. The van der Waals surface area contributed by atoms with Gasteiger partial charge in [0.25, 0.3) is 0 Å². The molecule has 130 valence electrons. The monoisotopic (exact) mass is 401 g/mol. The van der Waals surface area contributed by atoms with Gasteiger partial charge < -0.3 is 10.1 Å². The predicted octanol–water partition coefficient (Wildman–Crippen LogP) is 3.96. The van der Waals surface area contributed by atoms with Gasteiger partial charge in [-0.3, -0.25) is 9.59 Å². The Morgan fingerprint density at radius 3 is 2.36 bits per heavy atom. The van der Waals surface area contributed by atoms with Gasteiger partial charge in [-0.25, -0.2) is 0 Å². The van der Waals surface area contributed by atoms with Crippen LogP contribution in [0.15, 0.2) is 65.1 Å². The fourth-order valence-electron chi connectivity index (χ4n) is 2.33. The topological polar surface area (TPSA) is 55.4 Å². The van der Waals surface area contributed by atoms with Crippen molar-refractivity contribution in [1.29, 1.82) is 0 Å². The number of halogens is 1. The number of methoxy groups -OCH3 is 1. The van der Waals surface area contributed by atoms with Crippen molar-refractivity contribution in [1.82, 2.24) is 5.32 Å². The van der Waals surface area contributed by atoms with Crippen molar-refractivity contribution < 1.29 is 14.3 Å². The van der Waals surface area contributed by atoms with E-state index in [2.05, 4.69) is 21.2 Å². The molecule has 1 atom stereocenters. The lowest BCUT2D eigenvalue weighted by Gasteiger charge is -2.13.